The zero-order valence-corrected chi connectivity index (χ0v) is 14.3. The van der Waals surface area contributed by atoms with Crippen LogP contribution in [0, 0.1) is 5.92 Å². The van der Waals surface area contributed by atoms with Crippen molar-refractivity contribution >= 4 is 23.4 Å². The molecule has 0 spiro atoms. The number of thioether (sulfide) groups is 1. The molecule has 1 amide bonds. The van der Waals surface area contributed by atoms with E-state index in [1.807, 2.05) is 41.1 Å². The number of aromatic nitrogens is 2. The molecule has 0 saturated heterocycles. The number of carbonyl (C=O) groups is 1. The summed E-state index contributed by atoms with van der Waals surface area (Å²) in [5, 5.41) is 4.39. The minimum atomic E-state index is -0.0389. The van der Waals surface area contributed by atoms with Crippen molar-refractivity contribution in [1.82, 2.24) is 9.78 Å². The number of hydrogen-bond donors (Lipinski definition) is 0. The molecule has 0 fully saturated rings. The van der Waals surface area contributed by atoms with Gasteiger partial charge in [-0.3, -0.25) is 9.48 Å². The highest BCUT2D eigenvalue weighted by atomic mass is 32.2. The lowest BCUT2D eigenvalue weighted by Gasteiger charge is -2.23. The summed E-state index contributed by atoms with van der Waals surface area (Å²) in [4.78, 5) is 16.0. The van der Waals surface area contributed by atoms with E-state index >= 15 is 0 Å². The predicted octanol–water partition coefficient (Wildman–Crippen LogP) is 2.92. The van der Waals surface area contributed by atoms with Gasteiger partial charge in [-0.15, -0.1) is 11.8 Å². The maximum Gasteiger partial charge on any atom is 0.278 e. The molecule has 1 aromatic carbocycles. The lowest BCUT2D eigenvalue weighted by Crippen LogP contribution is -2.35. The molecule has 2 aromatic rings. The standard InChI is InChI=1S/C17H21N3O2S/c1-13-11-20(15-5-3-4-6-16(15)23-12-13)17(21)14-7-8-19(18-14)9-10-22-2/h3-8,13H,9-12H2,1-2H3/t13-/m1/s1. The molecule has 0 bridgehead atoms. The van der Waals surface area contributed by atoms with Gasteiger partial charge in [0, 0.05) is 30.5 Å². The molecule has 1 atom stereocenters. The van der Waals surface area contributed by atoms with E-state index in [2.05, 4.69) is 18.1 Å². The van der Waals surface area contributed by atoms with Crippen molar-refractivity contribution in [2.24, 2.45) is 5.92 Å². The van der Waals surface area contributed by atoms with Crippen LogP contribution in [0.5, 0.6) is 0 Å². The summed E-state index contributed by atoms with van der Waals surface area (Å²) < 4.78 is 6.80. The molecular formula is C17H21N3O2S. The highest BCUT2D eigenvalue weighted by Gasteiger charge is 2.26. The van der Waals surface area contributed by atoms with Gasteiger partial charge in [-0.1, -0.05) is 19.1 Å². The summed E-state index contributed by atoms with van der Waals surface area (Å²) >= 11 is 1.81. The van der Waals surface area contributed by atoms with E-state index in [9.17, 15) is 4.79 Å². The number of ether oxygens (including phenoxy) is 1. The second-order valence-corrected chi connectivity index (χ2v) is 6.82. The van der Waals surface area contributed by atoms with Gasteiger partial charge in [0.15, 0.2) is 5.69 Å². The van der Waals surface area contributed by atoms with Crippen LogP contribution in [-0.2, 0) is 11.3 Å². The number of rotatable bonds is 4. The molecule has 0 saturated carbocycles. The van der Waals surface area contributed by atoms with Crippen LogP contribution in [0.3, 0.4) is 0 Å². The van der Waals surface area contributed by atoms with Gasteiger partial charge in [0.1, 0.15) is 0 Å². The third-order valence-electron chi connectivity index (χ3n) is 3.80. The largest absolute Gasteiger partial charge is 0.383 e. The summed E-state index contributed by atoms with van der Waals surface area (Å²) in [7, 11) is 1.66. The van der Waals surface area contributed by atoms with Crippen molar-refractivity contribution < 1.29 is 9.53 Å². The van der Waals surface area contributed by atoms with Gasteiger partial charge < -0.3 is 9.64 Å². The van der Waals surface area contributed by atoms with E-state index in [1.54, 1.807) is 17.9 Å². The second-order valence-electron chi connectivity index (χ2n) is 5.76. The van der Waals surface area contributed by atoms with Gasteiger partial charge in [0.2, 0.25) is 0 Å². The number of fused-ring (bicyclic) bond motifs is 1. The number of para-hydroxylation sites is 1. The zero-order valence-electron chi connectivity index (χ0n) is 13.4. The van der Waals surface area contributed by atoms with Gasteiger partial charge in [-0.25, -0.2) is 0 Å². The Morgan fingerprint density at radius 1 is 1.39 bits per heavy atom. The van der Waals surface area contributed by atoms with Gasteiger partial charge in [-0.05, 0) is 24.1 Å². The van der Waals surface area contributed by atoms with Gasteiger partial charge in [-0.2, -0.15) is 5.10 Å². The number of carbonyl (C=O) groups excluding carboxylic acids is 1. The van der Waals surface area contributed by atoms with Gasteiger partial charge in [0.05, 0.1) is 18.8 Å². The Morgan fingerprint density at radius 3 is 3.04 bits per heavy atom. The Hall–Kier alpha value is -1.79. The van der Waals surface area contributed by atoms with Crippen LogP contribution in [0.1, 0.15) is 17.4 Å². The first kappa shape index (κ1) is 16.1. The molecule has 0 radical (unpaired) electrons. The molecule has 2 heterocycles. The molecule has 23 heavy (non-hydrogen) atoms. The van der Waals surface area contributed by atoms with Crippen molar-refractivity contribution in [2.45, 2.75) is 18.4 Å². The van der Waals surface area contributed by atoms with Crippen LogP contribution in [0.25, 0.3) is 0 Å². The van der Waals surface area contributed by atoms with E-state index in [-0.39, 0.29) is 5.91 Å². The minimum absolute atomic E-state index is 0.0389. The zero-order chi connectivity index (χ0) is 16.2. The molecule has 0 aliphatic carbocycles. The first-order valence-electron chi connectivity index (χ1n) is 7.75. The number of hydrogen-bond acceptors (Lipinski definition) is 4. The van der Waals surface area contributed by atoms with Crippen LogP contribution >= 0.6 is 11.8 Å². The second kappa shape index (κ2) is 7.19. The fourth-order valence-corrected chi connectivity index (χ4v) is 3.68. The van der Waals surface area contributed by atoms with Gasteiger partial charge in [0.25, 0.3) is 5.91 Å². The van der Waals surface area contributed by atoms with Crippen LogP contribution in [0.15, 0.2) is 41.4 Å². The molecular weight excluding hydrogens is 310 g/mol. The van der Waals surface area contributed by atoms with Crippen LogP contribution in [0.4, 0.5) is 5.69 Å². The van der Waals surface area contributed by atoms with Crippen molar-refractivity contribution in [3.8, 4) is 0 Å². The van der Waals surface area contributed by atoms with Crippen LogP contribution in [-0.4, -0.2) is 41.7 Å². The first-order chi connectivity index (χ1) is 11.2. The Kier molecular flexibility index (Phi) is 5.03. The quantitative estimate of drug-likeness (QED) is 0.864. The smallest absolute Gasteiger partial charge is 0.278 e. The fourth-order valence-electron chi connectivity index (χ4n) is 2.61. The molecule has 5 nitrogen and oxygen atoms in total. The van der Waals surface area contributed by atoms with E-state index in [1.165, 1.54) is 0 Å². The van der Waals surface area contributed by atoms with Crippen molar-refractivity contribution in [3.63, 3.8) is 0 Å². The molecule has 6 heteroatoms. The summed E-state index contributed by atoms with van der Waals surface area (Å²) in [6, 6.07) is 9.87. The molecule has 0 unspecified atom stereocenters. The number of methoxy groups -OCH3 is 1. The number of nitrogens with zero attached hydrogens (tertiary/aromatic N) is 3. The number of anilines is 1. The van der Waals surface area contributed by atoms with Crippen molar-refractivity contribution in [2.75, 3.05) is 30.9 Å². The maximum atomic E-state index is 13.0. The SMILES string of the molecule is COCCn1ccc(C(=O)N2C[C@@H](C)CSc3ccccc32)n1. The van der Waals surface area contributed by atoms with E-state index in [0.29, 0.717) is 31.3 Å². The molecule has 1 aliphatic heterocycles. The normalized spacial score (nSPS) is 17.7. The molecule has 122 valence electrons. The first-order valence-corrected chi connectivity index (χ1v) is 8.73. The summed E-state index contributed by atoms with van der Waals surface area (Å²) in [5.74, 6) is 1.41. The summed E-state index contributed by atoms with van der Waals surface area (Å²) in [6.07, 6.45) is 1.83. The van der Waals surface area contributed by atoms with Crippen LogP contribution in [0.2, 0.25) is 0 Å². The molecule has 1 aliphatic rings. The minimum Gasteiger partial charge on any atom is -0.383 e. The van der Waals surface area contributed by atoms with Crippen molar-refractivity contribution in [1.29, 1.82) is 0 Å². The predicted molar refractivity (Wildman–Crippen MR) is 92.1 cm³/mol. The molecule has 0 N–H and O–H groups in total. The monoisotopic (exact) mass is 331 g/mol. The fraction of sp³-hybridized carbons (Fsp3) is 0.412. The number of amides is 1. The maximum absolute atomic E-state index is 13.0. The van der Waals surface area contributed by atoms with E-state index in [0.717, 1.165) is 16.3 Å². The summed E-state index contributed by atoms with van der Waals surface area (Å²) in [6.45, 7) is 4.12. The Balaban J connectivity index is 1.86. The Labute approximate surface area is 140 Å². The lowest BCUT2D eigenvalue weighted by atomic mass is 10.1. The number of benzene rings is 1. The average molecular weight is 331 g/mol. The van der Waals surface area contributed by atoms with Gasteiger partial charge >= 0.3 is 0 Å². The molecule has 3 rings (SSSR count). The van der Waals surface area contributed by atoms with Crippen LogP contribution < -0.4 is 4.90 Å². The topological polar surface area (TPSA) is 47.4 Å². The third kappa shape index (κ3) is 3.59. The lowest BCUT2D eigenvalue weighted by molar-refractivity contribution is 0.0977. The Morgan fingerprint density at radius 2 is 2.22 bits per heavy atom. The third-order valence-corrected chi connectivity index (χ3v) is 5.20. The average Bonchev–Trinajstić information content (AvgIpc) is 2.97. The van der Waals surface area contributed by atoms with E-state index < -0.39 is 0 Å². The highest BCUT2D eigenvalue weighted by Crippen LogP contribution is 2.35. The van der Waals surface area contributed by atoms with Crippen molar-refractivity contribution in [3.05, 3.63) is 42.2 Å². The summed E-state index contributed by atoms with van der Waals surface area (Å²) in [5.41, 5.74) is 1.47. The highest BCUT2D eigenvalue weighted by molar-refractivity contribution is 7.99. The molecule has 1 aromatic heterocycles. The Bertz CT molecular complexity index is 686. The van der Waals surface area contributed by atoms with E-state index in [4.69, 9.17) is 4.74 Å².